The summed E-state index contributed by atoms with van der Waals surface area (Å²) in [4.78, 5) is 15.5. The van der Waals surface area contributed by atoms with E-state index in [2.05, 4.69) is 10.3 Å². The van der Waals surface area contributed by atoms with Gasteiger partial charge in [-0.2, -0.15) is 0 Å². The third kappa shape index (κ3) is 3.28. The number of aromatic amines is 1. The van der Waals surface area contributed by atoms with Gasteiger partial charge < -0.3 is 19.8 Å². The quantitative estimate of drug-likeness (QED) is 0.747. The molecule has 1 aromatic heterocycles. The van der Waals surface area contributed by atoms with Crippen LogP contribution in [0, 0.1) is 0 Å². The molecule has 0 atom stereocenters. The minimum absolute atomic E-state index is 0.167. The van der Waals surface area contributed by atoms with Gasteiger partial charge in [0.1, 0.15) is 5.69 Å². The summed E-state index contributed by atoms with van der Waals surface area (Å²) in [7, 11) is 0. The first-order valence-electron chi connectivity index (χ1n) is 8.15. The monoisotopic (exact) mass is 356 g/mol. The number of fused-ring (bicyclic) bond motifs is 2. The van der Waals surface area contributed by atoms with Crippen molar-refractivity contribution >= 4 is 28.4 Å². The summed E-state index contributed by atoms with van der Waals surface area (Å²) < 4.78 is 11.3. The van der Waals surface area contributed by atoms with Crippen molar-refractivity contribution in [1.29, 1.82) is 0 Å². The molecule has 128 valence electrons. The van der Waals surface area contributed by atoms with Gasteiger partial charge in [-0.05, 0) is 29.8 Å². The number of H-pyrrole nitrogens is 1. The van der Waals surface area contributed by atoms with Crippen LogP contribution in [0.5, 0.6) is 11.5 Å². The normalized spacial score (nSPS) is 13.5. The second-order valence-electron chi connectivity index (χ2n) is 5.91. The van der Waals surface area contributed by atoms with Crippen molar-refractivity contribution in [3.63, 3.8) is 0 Å². The average molecular weight is 357 g/mol. The van der Waals surface area contributed by atoms with Crippen molar-refractivity contribution in [2.75, 3.05) is 13.2 Å². The molecule has 4 rings (SSSR count). The minimum Gasteiger partial charge on any atom is -0.489 e. The van der Waals surface area contributed by atoms with Crippen LogP contribution in [0.25, 0.3) is 10.9 Å². The van der Waals surface area contributed by atoms with Gasteiger partial charge in [-0.25, -0.2) is 0 Å². The first-order chi connectivity index (χ1) is 12.2. The van der Waals surface area contributed by atoms with Gasteiger partial charge in [0.15, 0.2) is 11.5 Å². The Morgan fingerprint density at radius 1 is 1.16 bits per heavy atom. The molecule has 1 amide bonds. The van der Waals surface area contributed by atoms with Crippen LogP contribution < -0.4 is 14.8 Å². The molecule has 0 radical (unpaired) electrons. The zero-order chi connectivity index (χ0) is 17.2. The molecule has 1 aliphatic rings. The lowest BCUT2D eigenvalue weighted by molar-refractivity contribution is 0.0946. The molecule has 2 N–H and O–H groups in total. The summed E-state index contributed by atoms with van der Waals surface area (Å²) in [6.45, 7) is 1.53. The zero-order valence-electron chi connectivity index (χ0n) is 13.5. The molecule has 0 aliphatic carbocycles. The highest BCUT2D eigenvalue weighted by Gasteiger charge is 2.16. The molecule has 2 heterocycles. The number of rotatable bonds is 3. The predicted molar refractivity (Wildman–Crippen MR) is 96.5 cm³/mol. The van der Waals surface area contributed by atoms with Crippen molar-refractivity contribution in [1.82, 2.24) is 10.3 Å². The standard InChI is InChI=1S/C19H17ClN2O3/c20-14-8-12(9-17-18(14)25-7-3-6-24-17)11-21-19(23)16-10-13-4-1-2-5-15(13)22-16/h1-2,4-5,8-10,22H,3,6-7,11H2,(H,21,23). The van der Waals surface area contributed by atoms with Crippen LogP contribution in [-0.2, 0) is 6.54 Å². The summed E-state index contributed by atoms with van der Waals surface area (Å²) in [5.74, 6) is 1.03. The van der Waals surface area contributed by atoms with Crippen LogP contribution in [0.3, 0.4) is 0 Å². The highest BCUT2D eigenvalue weighted by Crippen LogP contribution is 2.37. The van der Waals surface area contributed by atoms with Crippen molar-refractivity contribution in [3.8, 4) is 11.5 Å². The fourth-order valence-electron chi connectivity index (χ4n) is 2.86. The van der Waals surface area contributed by atoms with E-state index in [1.165, 1.54) is 0 Å². The summed E-state index contributed by atoms with van der Waals surface area (Å²) in [5.41, 5.74) is 2.33. The Morgan fingerprint density at radius 2 is 2.00 bits per heavy atom. The Bertz CT molecular complexity index is 903. The fraction of sp³-hybridized carbons (Fsp3) is 0.211. The molecule has 0 unspecified atom stereocenters. The van der Waals surface area contributed by atoms with Crippen LogP contribution in [-0.4, -0.2) is 24.1 Å². The Kier molecular flexibility index (Phi) is 4.24. The van der Waals surface area contributed by atoms with Crippen LogP contribution in [0.15, 0.2) is 42.5 Å². The third-order valence-corrected chi connectivity index (χ3v) is 4.37. The number of carbonyl (C=O) groups excluding carboxylic acids is 1. The van der Waals surface area contributed by atoms with Crippen LogP contribution >= 0.6 is 11.6 Å². The summed E-state index contributed by atoms with van der Waals surface area (Å²) in [6, 6.07) is 13.3. The number of ether oxygens (including phenoxy) is 2. The second kappa shape index (κ2) is 6.69. The van der Waals surface area contributed by atoms with Crippen molar-refractivity contribution in [3.05, 3.63) is 58.7 Å². The Morgan fingerprint density at radius 3 is 2.88 bits per heavy atom. The summed E-state index contributed by atoms with van der Waals surface area (Å²) >= 11 is 6.28. The van der Waals surface area contributed by atoms with Gasteiger partial charge in [0.05, 0.1) is 18.2 Å². The molecule has 2 aromatic carbocycles. The molecule has 25 heavy (non-hydrogen) atoms. The smallest absolute Gasteiger partial charge is 0.267 e. The molecule has 0 spiro atoms. The van der Waals surface area contributed by atoms with Crippen LogP contribution in [0.4, 0.5) is 0 Å². The number of carbonyl (C=O) groups is 1. The lowest BCUT2D eigenvalue weighted by atomic mass is 10.2. The lowest BCUT2D eigenvalue weighted by Gasteiger charge is -2.12. The van der Waals surface area contributed by atoms with Gasteiger partial charge in [0, 0.05) is 23.9 Å². The second-order valence-corrected chi connectivity index (χ2v) is 6.32. The number of para-hydroxylation sites is 1. The summed E-state index contributed by atoms with van der Waals surface area (Å²) in [5, 5.41) is 4.40. The maximum Gasteiger partial charge on any atom is 0.267 e. The molecular formula is C19H17ClN2O3. The van der Waals surface area contributed by atoms with E-state index in [1.54, 1.807) is 6.07 Å². The Hall–Kier alpha value is -2.66. The number of hydrogen-bond acceptors (Lipinski definition) is 3. The third-order valence-electron chi connectivity index (χ3n) is 4.09. The fourth-order valence-corrected chi connectivity index (χ4v) is 3.15. The SMILES string of the molecule is O=C(NCc1cc(Cl)c2c(c1)OCCCO2)c1cc2ccccc2[nH]1. The van der Waals surface area contributed by atoms with E-state index in [0.717, 1.165) is 22.9 Å². The van der Waals surface area contributed by atoms with E-state index >= 15 is 0 Å². The maximum absolute atomic E-state index is 12.4. The maximum atomic E-state index is 12.4. The van der Waals surface area contributed by atoms with Crippen molar-refractivity contribution in [2.45, 2.75) is 13.0 Å². The largest absolute Gasteiger partial charge is 0.489 e. The average Bonchev–Trinajstić information content (AvgIpc) is 2.91. The highest BCUT2D eigenvalue weighted by molar-refractivity contribution is 6.32. The van der Waals surface area contributed by atoms with Gasteiger partial charge in [-0.3, -0.25) is 4.79 Å². The first-order valence-corrected chi connectivity index (χ1v) is 8.52. The number of benzene rings is 2. The van der Waals surface area contributed by atoms with Gasteiger partial charge in [0.2, 0.25) is 0 Å². The lowest BCUT2D eigenvalue weighted by Crippen LogP contribution is -2.23. The molecular weight excluding hydrogens is 340 g/mol. The number of amides is 1. The predicted octanol–water partition coefficient (Wildman–Crippen LogP) is 3.91. The number of hydrogen-bond donors (Lipinski definition) is 2. The van der Waals surface area contributed by atoms with Crippen LogP contribution in [0.1, 0.15) is 22.5 Å². The molecule has 0 bridgehead atoms. The van der Waals surface area contributed by atoms with Gasteiger partial charge in [-0.1, -0.05) is 29.8 Å². The van der Waals surface area contributed by atoms with Gasteiger partial charge >= 0.3 is 0 Å². The molecule has 1 aliphatic heterocycles. The minimum atomic E-state index is -0.167. The first kappa shape index (κ1) is 15.8. The zero-order valence-corrected chi connectivity index (χ0v) is 14.2. The topological polar surface area (TPSA) is 63.4 Å². The van der Waals surface area contributed by atoms with Crippen molar-refractivity contribution in [2.24, 2.45) is 0 Å². The number of aromatic nitrogens is 1. The summed E-state index contributed by atoms with van der Waals surface area (Å²) in [6.07, 6.45) is 0.817. The Labute approximate surface area is 149 Å². The highest BCUT2D eigenvalue weighted by atomic mass is 35.5. The molecule has 0 saturated carbocycles. The van der Waals surface area contributed by atoms with Gasteiger partial charge in [-0.15, -0.1) is 0 Å². The molecule has 0 saturated heterocycles. The molecule has 6 heteroatoms. The molecule has 0 fully saturated rings. The van der Waals surface area contributed by atoms with Crippen LogP contribution in [0.2, 0.25) is 5.02 Å². The van der Waals surface area contributed by atoms with E-state index in [-0.39, 0.29) is 5.91 Å². The molecule has 3 aromatic rings. The van der Waals surface area contributed by atoms with E-state index in [4.69, 9.17) is 21.1 Å². The molecule has 5 nitrogen and oxygen atoms in total. The number of nitrogens with one attached hydrogen (secondary N) is 2. The Balaban J connectivity index is 1.50. The van der Waals surface area contributed by atoms with Gasteiger partial charge in [0.25, 0.3) is 5.91 Å². The van der Waals surface area contributed by atoms with E-state index in [1.807, 2.05) is 36.4 Å². The van der Waals surface area contributed by atoms with Crippen molar-refractivity contribution < 1.29 is 14.3 Å². The van der Waals surface area contributed by atoms with E-state index in [0.29, 0.717) is 42.0 Å². The number of halogens is 1. The van der Waals surface area contributed by atoms with E-state index in [9.17, 15) is 4.79 Å². The van der Waals surface area contributed by atoms with E-state index < -0.39 is 0 Å².